The van der Waals surface area contributed by atoms with Crippen LogP contribution in [0.3, 0.4) is 0 Å². The number of nitrogens with zero attached hydrogens (tertiary/aromatic N) is 1. The Morgan fingerprint density at radius 1 is 0.346 bits per heavy atom. The lowest BCUT2D eigenvalue weighted by atomic mass is 9.97. The van der Waals surface area contributed by atoms with Crippen molar-refractivity contribution in [1.82, 2.24) is 0 Å². The SMILES string of the molecule is c1ccc(-c2ccc3cc(-c4ccc(N(c5ccccc5)c5ccc(-c6ccc7ccccc7c6)c6oc7ccccc7c56)cc4)ccc3c2)cc1. The van der Waals surface area contributed by atoms with Crippen LogP contribution in [0.4, 0.5) is 17.1 Å². The maximum Gasteiger partial charge on any atom is 0.145 e. The van der Waals surface area contributed by atoms with Crippen LogP contribution in [0, 0.1) is 0 Å². The van der Waals surface area contributed by atoms with Crippen molar-refractivity contribution in [3.05, 3.63) is 200 Å². The van der Waals surface area contributed by atoms with E-state index in [1.54, 1.807) is 0 Å². The maximum absolute atomic E-state index is 6.73. The zero-order chi connectivity index (χ0) is 34.4. The van der Waals surface area contributed by atoms with Gasteiger partial charge in [0, 0.05) is 22.3 Å². The van der Waals surface area contributed by atoms with Crippen LogP contribution in [0.25, 0.3) is 76.9 Å². The van der Waals surface area contributed by atoms with E-state index in [-0.39, 0.29) is 0 Å². The minimum Gasteiger partial charge on any atom is -0.455 e. The van der Waals surface area contributed by atoms with Crippen LogP contribution in [-0.4, -0.2) is 0 Å². The number of anilines is 3. The Labute approximate surface area is 302 Å². The Bertz CT molecular complexity index is 2890. The molecule has 0 spiro atoms. The second kappa shape index (κ2) is 12.5. The Morgan fingerprint density at radius 2 is 0.865 bits per heavy atom. The molecule has 0 radical (unpaired) electrons. The van der Waals surface area contributed by atoms with Crippen molar-refractivity contribution in [2.24, 2.45) is 0 Å². The van der Waals surface area contributed by atoms with Crippen molar-refractivity contribution < 1.29 is 4.42 Å². The van der Waals surface area contributed by atoms with E-state index in [9.17, 15) is 0 Å². The van der Waals surface area contributed by atoms with E-state index in [0.29, 0.717) is 0 Å². The van der Waals surface area contributed by atoms with E-state index in [4.69, 9.17) is 4.42 Å². The maximum atomic E-state index is 6.73. The van der Waals surface area contributed by atoms with Gasteiger partial charge in [0.25, 0.3) is 0 Å². The molecule has 52 heavy (non-hydrogen) atoms. The zero-order valence-electron chi connectivity index (χ0n) is 28.4. The molecule has 1 aromatic heterocycles. The van der Waals surface area contributed by atoms with Crippen LogP contribution in [0.1, 0.15) is 0 Å². The van der Waals surface area contributed by atoms with Gasteiger partial charge in [0.05, 0.1) is 11.1 Å². The van der Waals surface area contributed by atoms with Gasteiger partial charge in [0.1, 0.15) is 11.2 Å². The third-order valence-corrected chi connectivity index (χ3v) is 10.2. The molecule has 9 aromatic carbocycles. The summed E-state index contributed by atoms with van der Waals surface area (Å²) in [6.45, 7) is 0. The van der Waals surface area contributed by atoms with Crippen molar-refractivity contribution in [3.63, 3.8) is 0 Å². The Morgan fingerprint density at radius 3 is 1.62 bits per heavy atom. The predicted octanol–water partition coefficient (Wildman–Crippen LogP) is 14.4. The first-order valence-electron chi connectivity index (χ1n) is 17.8. The number of hydrogen-bond donors (Lipinski definition) is 0. The molecule has 2 nitrogen and oxygen atoms in total. The minimum atomic E-state index is 0.877. The van der Waals surface area contributed by atoms with Crippen molar-refractivity contribution >= 4 is 60.5 Å². The van der Waals surface area contributed by atoms with Gasteiger partial charge in [0.15, 0.2) is 0 Å². The molecule has 244 valence electrons. The van der Waals surface area contributed by atoms with E-state index in [1.807, 2.05) is 6.07 Å². The highest BCUT2D eigenvalue weighted by Gasteiger charge is 2.22. The Hall–Kier alpha value is -6.90. The number of furan rings is 1. The first-order valence-corrected chi connectivity index (χ1v) is 17.8. The van der Waals surface area contributed by atoms with Gasteiger partial charge in [-0.2, -0.15) is 0 Å². The zero-order valence-corrected chi connectivity index (χ0v) is 28.4. The number of benzene rings is 9. The van der Waals surface area contributed by atoms with Gasteiger partial charge < -0.3 is 9.32 Å². The Kier molecular flexibility index (Phi) is 7.18. The van der Waals surface area contributed by atoms with E-state index in [1.165, 1.54) is 43.8 Å². The molecular weight excluding hydrogens is 631 g/mol. The molecule has 10 rings (SSSR count). The molecule has 0 bridgehead atoms. The average Bonchev–Trinajstić information content (AvgIpc) is 3.61. The fourth-order valence-electron chi connectivity index (χ4n) is 7.62. The van der Waals surface area contributed by atoms with Gasteiger partial charge in [0.2, 0.25) is 0 Å². The summed E-state index contributed by atoms with van der Waals surface area (Å²) >= 11 is 0. The van der Waals surface area contributed by atoms with Crippen LogP contribution in [0.5, 0.6) is 0 Å². The molecule has 0 amide bonds. The molecular formula is C50H33NO. The number of rotatable bonds is 6. The topological polar surface area (TPSA) is 16.4 Å². The highest BCUT2D eigenvalue weighted by molar-refractivity contribution is 6.17. The lowest BCUT2D eigenvalue weighted by molar-refractivity contribution is 0.670. The predicted molar refractivity (Wildman–Crippen MR) is 220 cm³/mol. The van der Waals surface area contributed by atoms with Crippen LogP contribution < -0.4 is 4.90 Å². The van der Waals surface area contributed by atoms with E-state index in [0.717, 1.165) is 50.1 Å². The number of hydrogen-bond acceptors (Lipinski definition) is 2. The second-order valence-corrected chi connectivity index (χ2v) is 13.4. The summed E-state index contributed by atoms with van der Waals surface area (Å²) in [6, 6.07) is 71.6. The number of para-hydroxylation sites is 2. The first-order chi connectivity index (χ1) is 25.8. The lowest BCUT2D eigenvalue weighted by Crippen LogP contribution is -2.10. The van der Waals surface area contributed by atoms with Crippen molar-refractivity contribution in [3.8, 4) is 33.4 Å². The molecule has 0 saturated heterocycles. The third-order valence-electron chi connectivity index (χ3n) is 10.2. The van der Waals surface area contributed by atoms with Crippen LogP contribution >= 0.6 is 0 Å². The van der Waals surface area contributed by atoms with Crippen molar-refractivity contribution in [2.45, 2.75) is 0 Å². The van der Waals surface area contributed by atoms with E-state index in [2.05, 4.69) is 199 Å². The summed E-state index contributed by atoms with van der Waals surface area (Å²) in [5.74, 6) is 0. The monoisotopic (exact) mass is 663 g/mol. The molecule has 0 aliphatic heterocycles. The molecule has 0 fully saturated rings. The largest absolute Gasteiger partial charge is 0.455 e. The molecule has 0 saturated carbocycles. The summed E-state index contributed by atoms with van der Waals surface area (Å²) in [4.78, 5) is 2.35. The lowest BCUT2D eigenvalue weighted by Gasteiger charge is -2.27. The summed E-state index contributed by atoms with van der Waals surface area (Å²) in [5.41, 5.74) is 12.1. The fourth-order valence-corrected chi connectivity index (χ4v) is 7.62. The molecule has 0 N–H and O–H groups in total. The fraction of sp³-hybridized carbons (Fsp3) is 0. The Balaban J connectivity index is 1.09. The summed E-state index contributed by atoms with van der Waals surface area (Å²) in [7, 11) is 0. The van der Waals surface area contributed by atoms with Crippen molar-refractivity contribution in [2.75, 3.05) is 4.90 Å². The summed E-state index contributed by atoms with van der Waals surface area (Å²) in [6.07, 6.45) is 0. The normalized spacial score (nSPS) is 11.5. The molecule has 0 atom stereocenters. The average molecular weight is 664 g/mol. The second-order valence-electron chi connectivity index (χ2n) is 13.4. The highest BCUT2D eigenvalue weighted by atomic mass is 16.3. The van der Waals surface area contributed by atoms with Gasteiger partial charge in [-0.3, -0.25) is 0 Å². The quantitative estimate of drug-likeness (QED) is 0.176. The van der Waals surface area contributed by atoms with Gasteiger partial charge in [-0.05, 0) is 110 Å². The molecule has 2 heteroatoms. The van der Waals surface area contributed by atoms with Gasteiger partial charge >= 0.3 is 0 Å². The first kappa shape index (κ1) is 30.0. The summed E-state index contributed by atoms with van der Waals surface area (Å²) < 4.78 is 6.73. The molecule has 0 aliphatic rings. The third kappa shape index (κ3) is 5.21. The molecule has 10 aromatic rings. The van der Waals surface area contributed by atoms with Crippen LogP contribution in [0.2, 0.25) is 0 Å². The van der Waals surface area contributed by atoms with E-state index >= 15 is 0 Å². The number of fused-ring (bicyclic) bond motifs is 5. The van der Waals surface area contributed by atoms with Crippen LogP contribution in [0.15, 0.2) is 205 Å². The van der Waals surface area contributed by atoms with Crippen LogP contribution in [-0.2, 0) is 0 Å². The summed E-state index contributed by atoms with van der Waals surface area (Å²) in [5, 5.41) is 7.09. The van der Waals surface area contributed by atoms with Gasteiger partial charge in [-0.25, -0.2) is 0 Å². The van der Waals surface area contributed by atoms with E-state index < -0.39 is 0 Å². The standard InChI is InChI=1S/C50H33NO/c1-3-11-34(12-4-1)38-20-22-41-32-39(21-23-40(41)31-38)36-25-27-44(28-26-36)51(43-15-5-2-6-16-43)47-30-29-45(42-24-19-35-13-7-8-14-37(35)33-42)50-49(47)46-17-9-10-18-48(46)52-50/h1-33H. The smallest absolute Gasteiger partial charge is 0.145 e. The van der Waals surface area contributed by atoms with Crippen molar-refractivity contribution in [1.29, 1.82) is 0 Å². The van der Waals surface area contributed by atoms with Gasteiger partial charge in [-0.15, -0.1) is 0 Å². The molecule has 0 aliphatic carbocycles. The highest BCUT2D eigenvalue weighted by Crippen LogP contribution is 2.46. The van der Waals surface area contributed by atoms with Gasteiger partial charge in [-0.1, -0.05) is 140 Å². The molecule has 0 unspecified atom stereocenters. The molecule has 1 heterocycles. The minimum absolute atomic E-state index is 0.877.